The average molecular weight is 243 g/mol. The van der Waals surface area contributed by atoms with E-state index < -0.39 is 0 Å². The number of rotatable bonds is 2. The molecule has 0 aliphatic carbocycles. The monoisotopic (exact) mass is 243 g/mol. The Balaban J connectivity index is 2.53. The fraction of sp³-hybridized carbons (Fsp3) is 0.143. The lowest BCUT2D eigenvalue weighted by Crippen LogP contribution is -2.47. The van der Waals surface area contributed by atoms with Gasteiger partial charge in [-0.1, -0.05) is 35.0 Å². The van der Waals surface area contributed by atoms with Crippen LogP contribution in [0, 0.1) is 6.92 Å². The first kappa shape index (κ1) is 12.1. The number of nitrogens with zero attached hydrogens (tertiary/aromatic N) is 1. The SMILES string of the molecule is CC(=O)N[n+]1cc(O)c(C)c(-c2ccccc2)c1. The minimum atomic E-state index is -0.192. The Morgan fingerprint density at radius 1 is 1.22 bits per heavy atom. The highest BCUT2D eigenvalue weighted by Gasteiger charge is 2.14. The van der Waals surface area contributed by atoms with Gasteiger partial charge in [0.05, 0.1) is 5.56 Å². The van der Waals surface area contributed by atoms with Gasteiger partial charge >= 0.3 is 0 Å². The predicted octanol–water partition coefficient (Wildman–Crippen LogP) is 1.75. The van der Waals surface area contributed by atoms with Gasteiger partial charge in [0, 0.05) is 12.5 Å². The van der Waals surface area contributed by atoms with E-state index in [0.29, 0.717) is 0 Å². The van der Waals surface area contributed by atoms with Gasteiger partial charge in [0.25, 0.3) is 5.91 Å². The van der Waals surface area contributed by atoms with E-state index in [2.05, 4.69) is 5.43 Å². The van der Waals surface area contributed by atoms with Crippen molar-refractivity contribution < 1.29 is 14.6 Å². The molecule has 92 valence electrons. The number of hydrogen-bond donors (Lipinski definition) is 2. The highest BCUT2D eigenvalue weighted by Crippen LogP contribution is 2.26. The molecule has 1 aromatic carbocycles. The summed E-state index contributed by atoms with van der Waals surface area (Å²) in [5.41, 5.74) is 5.25. The molecule has 0 aliphatic heterocycles. The van der Waals surface area contributed by atoms with Crippen LogP contribution < -0.4 is 10.1 Å². The zero-order valence-corrected chi connectivity index (χ0v) is 10.3. The largest absolute Gasteiger partial charge is 0.502 e. The first-order chi connectivity index (χ1) is 8.58. The number of carbonyl (C=O) groups is 1. The summed E-state index contributed by atoms with van der Waals surface area (Å²) in [4.78, 5) is 11.0. The van der Waals surface area contributed by atoms with Crippen molar-refractivity contribution in [2.45, 2.75) is 13.8 Å². The number of carbonyl (C=O) groups excluding carboxylic acids is 1. The van der Waals surface area contributed by atoms with Gasteiger partial charge in [-0.2, -0.15) is 0 Å². The molecular formula is C14H15N2O2+. The van der Waals surface area contributed by atoms with Gasteiger partial charge in [-0.05, 0) is 12.5 Å². The molecule has 18 heavy (non-hydrogen) atoms. The van der Waals surface area contributed by atoms with E-state index in [1.807, 2.05) is 37.3 Å². The van der Waals surface area contributed by atoms with Crippen molar-refractivity contribution in [2.24, 2.45) is 0 Å². The van der Waals surface area contributed by atoms with Crippen LogP contribution in [0.4, 0.5) is 0 Å². The fourth-order valence-corrected chi connectivity index (χ4v) is 1.79. The lowest BCUT2D eigenvalue weighted by Gasteiger charge is -2.06. The maximum absolute atomic E-state index is 11.0. The normalized spacial score (nSPS) is 10.1. The van der Waals surface area contributed by atoms with Gasteiger partial charge in [0.2, 0.25) is 12.4 Å². The Morgan fingerprint density at radius 3 is 2.50 bits per heavy atom. The van der Waals surface area contributed by atoms with Crippen molar-refractivity contribution in [3.63, 3.8) is 0 Å². The van der Waals surface area contributed by atoms with Crippen molar-refractivity contribution in [3.8, 4) is 16.9 Å². The van der Waals surface area contributed by atoms with Gasteiger partial charge in [0.1, 0.15) is 0 Å². The zero-order valence-electron chi connectivity index (χ0n) is 10.3. The number of amides is 1. The standard InChI is InChI=1S/C14H14N2O2/c1-10-13(12-6-4-3-5-7-12)8-16(9-14(10)18)15-11(2)17/h3-9H,1-2H3,(H-,15,17,18)/p+1. The maximum Gasteiger partial charge on any atom is 0.271 e. The molecule has 1 heterocycles. The van der Waals surface area contributed by atoms with Gasteiger partial charge in [-0.3, -0.25) is 4.79 Å². The second kappa shape index (κ2) is 4.87. The summed E-state index contributed by atoms with van der Waals surface area (Å²) in [5, 5.41) is 9.88. The Morgan fingerprint density at radius 2 is 1.89 bits per heavy atom. The fourth-order valence-electron chi connectivity index (χ4n) is 1.79. The summed E-state index contributed by atoms with van der Waals surface area (Å²) in [6, 6.07) is 9.71. The average Bonchev–Trinajstić information content (AvgIpc) is 2.34. The van der Waals surface area contributed by atoms with Crippen LogP contribution in [0.5, 0.6) is 5.75 Å². The Hall–Kier alpha value is -2.36. The first-order valence-electron chi connectivity index (χ1n) is 5.66. The molecule has 1 aromatic heterocycles. The highest BCUT2D eigenvalue weighted by atomic mass is 16.3. The van der Waals surface area contributed by atoms with Crippen LogP contribution in [0.1, 0.15) is 12.5 Å². The van der Waals surface area contributed by atoms with Gasteiger partial charge in [-0.25, -0.2) is 0 Å². The van der Waals surface area contributed by atoms with E-state index in [9.17, 15) is 9.90 Å². The molecule has 0 spiro atoms. The number of benzene rings is 1. The van der Waals surface area contributed by atoms with E-state index in [1.165, 1.54) is 17.8 Å². The molecule has 0 unspecified atom stereocenters. The number of pyridine rings is 1. The van der Waals surface area contributed by atoms with Crippen LogP contribution in [0.2, 0.25) is 0 Å². The zero-order chi connectivity index (χ0) is 13.1. The van der Waals surface area contributed by atoms with Crippen LogP contribution >= 0.6 is 0 Å². The highest BCUT2D eigenvalue weighted by molar-refractivity contribution is 5.79. The van der Waals surface area contributed by atoms with Crippen molar-refractivity contribution in [2.75, 3.05) is 5.43 Å². The molecular weight excluding hydrogens is 228 g/mol. The van der Waals surface area contributed by atoms with Crippen molar-refractivity contribution in [3.05, 3.63) is 48.3 Å². The van der Waals surface area contributed by atoms with Crippen LogP contribution in [0.15, 0.2) is 42.7 Å². The lowest BCUT2D eigenvalue weighted by atomic mass is 10.0. The summed E-state index contributed by atoms with van der Waals surface area (Å²) in [6.45, 7) is 3.27. The second-order valence-electron chi connectivity index (χ2n) is 4.12. The summed E-state index contributed by atoms with van der Waals surface area (Å²) < 4.78 is 1.47. The van der Waals surface area contributed by atoms with Gasteiger partial charge < -0.3 is 5.11 Å². The Bertz CT molecular complexity index is 580. The number of nitrogens with one attached hydrogen (secondary N) is 1. The first-order valence-corrected chi connectivity index (χ1v) is 5.66. The van der Waals surface area contributed by atoms with Gasteiger partial charge in [-0.15, -0.1) is 5.43 Å². The van der Waals surface area contributed by atoms with Crippen LogP contribution in [0.3, 0.4) is 0 Å². The molecule has 0 bridgehead atoms. The molecule has 1 amide bonds. The minimum absolute atomic E-state index is 0.144. The molecule has 2 rings (SSSR count). The molecule has 0 atom stereocenters. The molecule has 2 N–H and O–H groups in total. The lowest BCUT2D eigenvalue weighted by molar-refractivity contribution is -0.642. The number of hydrogen-bond acceptors (Lipinski definition) is 2. The predicted molar refractivity (Wildman–Crippen MR) is 68.5 cm³/mol. The van der Waals surface area contributed by atoms with Crippen LogP contribution in [-0.2, 0) is 4.79 Å². The van der Waals surface area contributed by atoms with Crippen molar-refractivity contribution >= 4 is 5.91 Å². The summed E-state index contributed by atoms with van der Waals surface area (Å²) >= 11 is 0. The van der Waals surface area contributed by atoms with Crippen molar-refractivity contribution in [1.29, 1.82) is 0 Å². The number of aromatic nitrogens is 1. The molecule has 4 nitrogen and oxygen atoms in total. The molecule has 0 saturated carbocycles. The van der Waals surface area contributed by atoms with E-state index >= 15 is 0 Å². The third-order valence-electron chi connectivity index (χ3n) is 2.69. The smallest absolute Gasteiger partial charge is 0.271 e. The van der Waals surface area contributed by atoms with Gasteiger partial charge in [0.15, 0.2) is 5.75 Å². The van der Waals surface area contributed by atoms with E-state index in [0.717, 1.165) is 16.7 Å². The summed E-state index contributed by atoms with van der Waals surface area (Å²) in [6.07, 6.45) is 3.26. The second-order valence-corrected chi connectivity index (χ2v) is 4.12. The van der Waals surface area contributed by atoms with E-state index in [-0.39, 0.29) is 11.7 Å². The topological polar surface area (TPSA) is 53.2 Å². The summed E-state index contributed by atoms with van der Waals surface area (Å²) in [7, 11) is 0. The summed E-state index contributed by atoms with van der Waals surface area (Å²) in [5.74, 6) is -0.0487. The quantitative estimate of drug-likeness (QED) is 0.789. The minimum Gasteiger partial charge on any atom is -0.502 e. The molecule has 0 aliphatic rings. The maximum atomic E-state index is 11.0. The Labute approximate surface area is 105 Å². The van der Waals surface area contributed by atoms with Crippen molar-refractivity contribution in [1.82, 2.24) is 0 Å². The molecule has 4 heteroatoms. The van der Waals surface area contributed by atoms with Crippen LogP contribution in [0.25, 0.3) is 11.1 Å². The Kier molecular flexibility index (Phi) is 3.28. The van der Waals surface area contributed by atoms with E-state index in [1.54, 1.807) is 6.20 Å². The molecule has 0 radical (unpaired) electrons. The molecule has 0 fully saturated rings. The third kappa shape index (κ3) is 2.48. The van der Waals surface area contributed by atoms with E-state index in [4.69, 9.17) is 0 Å². The third-order valence-corrected chi connectivity index (χ3v) is 2.69. The number of aromatic hydroxyl groups is 1. The molecule has 0 saturated heterocycles. The molecule has 2 aromatic rings. The van der Waals surface area contributed by atoms with Crippen LogP contribution in [-0.4, -0.2) is 11.0 Å².